The molecule has 2 aromatic rings. The number of rotatable bonds is 2. The van der Waals surface area contributed by atoms with Crippen LogP contribution in [0, 0.1) is 5.82 Å². The molecule has 0 bridgehead atoms. The zero-order chi connectivity index (χ0) is 11.7. The maximum atomic E-state index is 13.4. The van der Waals surface area contributed by atoms with E-state index in [1.165, 1.54) is 12.1 Å². The minimum Gasteiger partial charge on any atom is -0.460 e. The predicted molar refractivity (Wildman–Crippen MR) is 59.8 cm³/mol. The van der Waals surface area contributed by atoms with Crippen LogP contribution in [0.15, 0.2) is 27.1 Å². The Morgan fingerprint density at radius 2 is 2.31 bits per heavy atom. The summed E-state index contributed by atoms with van der Waals surface area (Å²) >= 11 is 3.25. The monoisotopic (exact) mass is 286 g/mol. The molecule has 0 saturated heterocycles. The van der Waals surface area contributed by atoms with Crippen LogP contribution >= 0.6 is 15.9 Å². The van der Waals surface area contributed by atoms with Crippen LogP contribution in [0.2, 0.25) is 0 Å². The van der Waals surface area contributed by atoms with Gasteiger partial charge in [0.1, 0.15) is 0 Å². The Bertz CT molecular complexity index is 508. The van der Waals surface area contributed by atoms with Gasteiger partial charge in [-0.1, -0.05) is 15.9 Å². The number of fused-ring (bicyclic) bond motifs is 1. The van der Waals surface area contributed by atoms with Gasteiger partial charge in [0.25, 0.3) is 0 Å². The quantitative estimate of drug-likeness (QED) is 0.793. The Morgan fingerprint density at radius 1 is 1.56 bits per heavy atom. The largest absolute Gasteiger partial charge is 0.460 e. The van der Waals surface area contributed by atoms with E-state index in [2.05, 4.69) is 15.9 Å². The van der Waals surface area contributed by atoms with Gasteiger partial charge < -0.3 is 9.15 Å². The predicted octanol–water partition coefficient (Wildman–Crippen LogP) is 3.51. The first kappa shape index (κ1) is 11.1. The molecule has 0 spiro atoms. The van der Waals surface area contributed by atoms with E-state index in [-0.39, 0.29) is 18.0 Å². The summed E-state index contributed by atoms with van der Waals surface area (Å²) in [6.45, 7) is 1.94. The summed E-state index contributed by atoms with van der Waals surface area (Å²) in [5.41, 5.74) is 0.0532. The lowest BCUT2D eigenvalue weighted by Gasteiger charge is -1.95. The second-order valence-electron chi connectivity index (χ2n) is 3.10. The van der Waals surface area contributed by atoms with Crippen molar-refractivity contribution in [3.8, 4) is 0 Å². The fourth-order valence-corrected chi connectivity index (χ4v) is 1.79. The van der Waals surface area contributed by atoms with Crippen LogP contribution in [0.3, 0.4) is 0 Å². The van der Waals surface area contributed by atoms with E-state index in [0.29, 0.717) is 9.86 Å². The molecule has 0 aliphatic rings. The molecule has 0 radical (unpaired) electrons. The summed E-state index contributed by atoms with van der Waals surface area (Å²) in [6, 6.07) is 4.29. The molecule has 0 N–H and O–H groups in total. The van der Waals surface area contributed by atoms with E-state index in [9.17, 15) is 9.18 Å². The first-order valence-corrected chi connectivity index (χ1v) is 5.47. The van der Waals surface area contributed by atoms with Crippen LogP contribution in [0.25, 0.3) is 11.0 Å². The summed E-state index contributed by atoms with van der Waals surface area (Å²) in [5, 5.41) is 0.517. The van der Waals surface area contributed by atoms with Crippen LogP contribution < -0.4 is 0 Å². The Hall–Kier alpha value is -1.36. The molecule has 84 valence electrons. The van der Waals surface area contributed by atoms with E-state index in [0.717, 1.165) is 0 Å². The number of hydrogen-bond acceptors (Lipinski definition) is 3. The van der Waals surface area contributed by atoms with E-state index in [4.69, 9.17) is 9.15 Å². The fraction of sp³-hybridized carbons (Fsp3) is 0.182. The van der Waals surface area contributed by atoms with Crippen molar-refractivity contribution in [3.05, 3.63) is 34.2 Å². The molecule has 0 atom stereocenters. The molecule has 1 aromatic heterocycles. The standard InChI is InChI=1S/C11H8BrFO3/c1-2-15-11(14)9-5-6-7(12)3-4-8(13)10(6)16-9/h3-5H,2H2,1H3. The topological polar surface area (TPSA) is 39.4 Å². The SMILES string of the molecule is CCOC(=O)c1cc2c(Br)ccc(F)c2o1. The number of ether oxygens (including phenoxy) is 1. The lowest BCUT2D eigenvalue weighted by atomic mass is 10.2. The number of furan rings is 1. The minimum absolute atomic E-state index is 0.00245. The molecule has 0 aliphatic heterocycles. The van der Waals surface area contributed by atoms with E-state index < -0.39 is 11.8 Å². The molecule has 0 fully saturated rings. The average Bonchev–Trinajstić information content (AvgIpc) is 2.70. The maximum Gasteiger partial charge on any atom is 0.374 e. The van der Waals surface area contributed by atoms with E-state index in [1.54, 1.807) is 13.0 Å². The second kappa shape index (κ2) is 4.25. The first-order chi connectivity index (χ1) is 7.63. The highest BCUT2D eigenvalue weighted by Gasteiger charge is 2.16. The van der Waals surface area contributed by atoms with Gasteiger partial charge >= 0.3 is 5.97 Å². The molecular formula is C11H8BrFO3. The van der Waals surface area contributed by atoms with Gasteiger partial charge in [0.15, 0.2) is 11.4 Å². The molecule has 1 aromatic carbocycles. The Balaban J connectivity index is 2.55. The third-order valence-electron chi connectivity index (χ3n) is 2.06. The maximum absolute atomic E-state index is 13.4. The lowest BCUT2D eigenvalue weighted by Crippen LogP contribution is -2.02. The number of esters is 1. The Labute approximate surface area is 99.3 Å². The number of benzene rings is 1. The molecule has 0 saturated carbocycles. The number of carbonyl (C=O) groups excluding carboxylic acids is 1. The van der Waals surface area contributed by atoms with Gasteiger partial charge in [-0.05, 0) is 19.1 Å². The van der Waals surface area contributed by atoms with E-state index >= 15 is 0 Å². The van der Waals surface area contributed by atoms with Gasteiger partial charge in [0, 0.05) is 15.9 Å². The third kappa shape index (κ3) is 1.82. The highest BCUT2D eigenvalue weighted by atomic mass is 79.9. The van der Waals surface area contributed by atoms with Crippen molar-refractivity contribution < 1.29 is 18.3 Å². The van der Waals surface area contributed by atoms with Crippen LogP contribution in [-0.4, -0.2) is 12.6 Å². The van der Waals surface area contributed by atoms with Crippen molar-refractivity contribution in [3.63, 3.8) is 0 Å². The summed E-state index contributed by atoms with van der Waals surface area (Å²) < 4.78 is 23.9. The van der Waals surface area contributed by atoms with Crippen LogP contribution in [0.1, 0.15) is 17.5 Å². The van der Waals surface area contributed by atoms with Gasteiger partial charge in [-0.3, -0.25) is 0 Å². The van der Waals surface area contributed by atoms with Gasteiger partial charge in [0.2, 0.25) is 5.76 Å². The van der Waals surface area contributed by atoms with Crippen LogP contribution in [-0.2, 0) is 4.74 Å². The van der Waals surface area contributed by atoms with Crippen LogP contribution in [0.5, 0.6) is 0 Å². The van der Waals surface area contributed by atoms with Gasteiger partial charge in [-0.2, -0.15) is 0 Å². The van der Waals surface area contributed by atoms with Crippen molar-refractivity contribution in [1.82, 2.24) is 0 Å². The highest BCUT2D eigenvalue weighted by molar-refractivity contribution is 9.10. The molecular weight excluding hydrogens is 279 g/mol. The Morgan fingerprint density at radius 3 is 2.94 bits per heavy atom. The number of halogens is 2. The zero-order valence-corrected chi connectivity index (χ0v) is 10.0. The average molecular weight is 287 g/mol. The highest BCUT2D eigenvalue weighted by Crippen LogP contribution is 2.29. The second-order valence-corrected chi connectivity index (χ2v) is 3.96. The van der Waals surface area contributed by atoms with Crippen molar-refractivity contribution in [2.24, 2.45) is 0 Å². The van der Waals surface area contributed by atoms with Gasteiger partial charge in [-0.25, -0.2) is 9.18 Å². The van der Waals surface area contributed by atoms with Crippen LogP contribution in [0.4, 0.5) is 4.39 Å². The molecule has 0 aliphatic carbocycles. The van der Waals surface area contributed by atoms with Gasteiger partial charge in [-0.15, -0.1) is 0 Å². The first-order valence-electron chi connectivity index (χ1n) is 4.68. The molecule has 16 heavy (non-hydrogen) atoms. The summed E-state index contributed by atoms with van der Waals surface area (Å²) in [6.07, 6.45) is 0. The summed E-state index contributed by atoms with van der Waals surface area (Å²) in [7, 11) is 0. The molecule has 5 heteroatoms. The molecule has 1 heterocycles. The van der Waals surface area contributed by atoms with Crippen molar-refractivity contribution in [1.29, 1.82) is 0 Å². The molecule has 0 unspecified atom stereocenters. The van der Waals surface area contributed by atoms with Crippen molar-refractivity contribution in [2.45, 2.75) is 6.92 Å². The van der Waals surface area contributed by atoms with E-state index in [1.807, 2.05) is 0 Å². The number of hydrogen-bond donors (Lipinski definition) is 0. The minimum atomic E-state index is -0.593. The third-order valence-corrected chi connectivity index (χ3v) is 2.75. The smallest absolute Gasteiger partial charge is 0.374 e. The number of carbonyl (C=O) groups is 1. The summed E-state index contributed by atoms with van der Waals surface area (Å²) in [5.74, 6) is -1.10. The lowest BCUT2D eigenvalue weighted by molar-refractivity contribution is 0.0492. The Kier molecular flexibility index (Phi) is 2.96. The summed E-state index contributed by atoms with van der Waals surface area (Å²) in [4.78, 5) is 11.4. The normalized spacial score (nSPS) is 10.7. The molecule has 0 amide bonds. The fourth-order valence-electron chi connectivity index (χ4n) is 1.36. The molecule has 3 nitrogen and oxygen atoms in total. The van der Waals surface area contributed by atoms with Crippen molar-refractivity contribution in [2.75, 3.05) is 6.61 Å². The zero-order valence-electron chi connectivity index (χ0n) is 8.42. The van der Waals surface area contributed by atoms with Crippen molar-refractivity contribution >= 4 is 32.9 Å². The molecule has 2 rings (SSSR count). The van der Waals surface area contributed by atoms with Gasteiger partial charge in [0.05, 0.1) is 6.61 Å².